The molecular formula is C34H39FN4O7. The number of ether oxygens (including phenoxy) is 2. The van der Waals surface area contributed by atoms with Crippen LogP contribution in [0.15, 0.2) is 66.7 Å². The lowest BCUT2D eigenvalue weighted by atomic mass is 10.1. The van der Waals surface area contributed by atoms with Crippen LogP contribution in [0.4, 0.5) is 4.39 Å². The molecule has 0 fully saturated rings. The lowest BCUT2D eigenvalue weighted by Crippen LogP contribution is -2.46. The maximum Gasteiger partial charge on any atom is 0.256 e. The highest BCUT2D eigenvalue weighted by molar-refractivity contribution is 5.95. The number of amides is 4. The number of aliphatic hydroxyl groups excluding tert-OH is 1. The summed E-state index contributed by atoms with van der Waals surface area (Å²) in [4.78, 5) is 53.3. The van der Waals surface area contributed by atoms with Crippen molar-refractivity contribution in [2.45, 2.75) is 51.3 Å². The normalized spacial score (nSPS) is 17.6. The van der Waals surface area contributed by atoms with Gasteiger partial charge >= 0.3 is 0 Å². The number of nitrogens with zero attached hydrogens (tertiary/aromatic N) is 1. The Balaban J connectivity index is 1.56. The molecule has 0 aromatic heterocycles. The molecule has 3 aromatic carbocycles. The Bertz CT molecular complexity index is 1540. The summed E-state index contributed by atoms with van der Waals surface area (Å²) in [5.41, 5.74) is 1.16. The molecule has 0 radical (unpaired) electrons. The minimum absolute atomic E-state index is 0.0161. The highest BCUT2D eigenvalue weighted by Crippen LogP contribution is 2.34. The molecule has 2 aliphatic rings. The zero-order valence-corrected chi connectivity index (χ0v) is 25.9. The van der Waals surface area contributed by atoms with Gasteiger partial charge in [0.1, 0.15) is 6.04 Å². The van der Waals surface area contributed by atoms with Crippen LogP contribution in [0.1, 0.15) is 60.2 Å². The van der Waals surface area contributed by atoms with Crippen LogP contribution in [0, 0.1) is 5.82 Å². The molecule has 2 aliphatic heterocycles. The molecule has 4 amide bonds. The molecule has 244 valence electrons. The van der Waals surface area contributed by atoms with E-state index in [9.17, 15) is 24.3 Å². The number of aliphatic hydroxyl groups is 1. The van der Waals surface area contributed by atoms with E-state index in [2.05, 4.69) is 16.0 Å². The smallest absolute Gasteiger partial charge is 0.256 e. The summed E-state index contributed by atoms with van der Waals surface area (Å²) in [5, 5.41) is 19.0. The zero-order chi connectivity index (χ0) is 33.1. The Morgan fingerprint density at radius 1 is 1.02 bits per heavy atom. The number of methoxy groups -OCH3 is 1. The molecular weight excluding hydrogens is 595 g/mol. The fourth-order valence-corrected chi connectivity index (χ4v) is 4.97. The third-order valence-electron chi connectivity index (χ3n) is 7.55. The van der Waals surface area contributed by atoms with Crippen LogP contribution < -0.4 is 25.4 Å². The predicted molar refractivity (Wildman–Crippen MR) is 168 cm³/mol. The van der Waals surface area contributed by atoms with Crippen molar-refractivity contribution in [3.8, 4) is 17.2 Å². The number of halogens is 1. The largest absolute Gasteiger partial charge is 0.493 e. The molecule has 4 N–H and O–H groups in total. The predicted octanol–water partition coefficient (Wildman–Crippen LogP) is 3.61. The summed E-state index contributed by atoms with van der Waals surface area (Å²) in [6.45, 7) is 2.36. The first-order valence-corrected chi connectivity index (χ1v) is 15.2. The van der Waals surface area contributed by atoms with Crippen molar-refractivity contribution in [2.75, 3.05) is 26.7 Å². The van der Waals surface area contributed by atoms with Crippen LogP contribution in [0.25, 0.3) is 0 Å². The standard InChI is InChI=1S/C34H39FN4O7/c1-3-26-33(43)37-21-22-12-14-27(25(35)19-22)46-29-20-24(13-15-28(29)45-2)32(42)36-16-8-18-39(17-7-11-30(40)38-26)34(44)31(41)23-9-5-4-6-10-23/h4-6,9-10,12-15,19-20,26,31,41H,3,7-8,11,16-18,21H2,1-2H3,(H,36,42)(H,37,43)(H,38,40)/t26-,31-/m0/s1. The molecule has 46 heavy (non-hydrogen) atoms. The highest BCUT2D eigenvalue weighted by atomic mass is 19.1. The van der Waals surface area contributed by atoms with E-state index in [0.717, 1.165) is 0 Å². The van der Waals surface area contributed by atoms with Gasteiger partial charge < -0.3 is 35.4 Å². The van der Waals surface area contributed by atoms with E-state index in [1.54, 1.807) is 55.5 Å². The van der Waals surface area contributed by atoms with Crippen LogP contribution in [0.3, 0.4) is 0 Å². The Morgan fingerprint density at radius 3 is 2.50 bits per heavy atom. The van der Waals surface area contributed by atoms with E-state index in [1.165, 1.54) is 30.2 Å². The van der Waals surface area contributed by atoms with E-state index in [-0.39, 0.29) is 67.7 Å². The molecule has 0 unspecified atom stereocenters. The quantitative estimate of drug-likeness (QED) is 0.343. The summed E-state index contributed by atoms with van der Waals surface area (Å²) >= 11 is 0. The molecule has 12 heteroatoms. The van der Waals surface area contributed by atoms with Crippen molar-refractivity contribution in [3.05, 3.63) is 89.2 Å². The lowest BCUT2D eigenvalue weighted by molar-refractivity contribution is -0.141. The zero-order valence-electron chi connectivity index (χ0n) is 25.9. The summed E-state index contributed by atoms with van der Waals surface area (Å²) in [5.74, 6) is -2.10. The average molecular weight is 635 g/mol. The number of hydrogen-bond acceptors (Lipinski definition) is 7. The van der Waals surface area contributed by atoms with Crippen molar-refractivity contribution in [3.63, 3.8) is 0 Å². The van der Waals surface area contributed by atoms with E-state index < -0.39 is 35.7 Å². The molecule has 4 bridgehead atoms. The number of hydrogen-bond donors (Lipinski definition) is 4. The summed E-state index contributed by atoms with van der Waals surface area (Å²) < 4.78 is 26.2. The van der Waals surface area contributed by atoms with Gasteiger partial charge in [-0.3, -0.25) is 19.2 Å². The number of rotatable bonds is 4. The monoisotopic (exact) mass is 634 g/mol. The number of carbonyl (C=O) groups excluding carboxylic acids is 4. The molecule has 3 aromatic rings. The van der Waals surface area contributed by atoms with Gasteiger partial charge in [-0.05, 0) is 60.7 Å². The SMILES string of the molecule is CC[C@@H]1NC(=O)CCCN(C(=O)[C@@H](O)c2ccccc2)CCCNC(=O)c2ccc(OC)c(c2)Oc2ccc(cc2F)CNC1=O. The third-order valence-corrected chi connectivity index (χ3v) is 7.55. The van der Waals surface area contributed by atoms with Crippen LogP contribution in [0.5, 0.6) is 17.2 Å². The summed E-state index contributed by atoms with van der Waals surface area (Å²) in [6.07, 6.45) is -0.375. The van der Waals surface area contributed by atoms with Crippen molar-refractivity contribution < 1.29 is 38.1 Å². The van der Waals surface area contributed by atoms with Crippen LogP contribution in [0.2, 0.25) is 0 Å². The van der Waals surface area contributed by atoms with E-state index in [1.807, 2.05) is 0 Å². The number of fused-ring (bicyclic) bond motifs is 16. The van der Waals surface area contributed by atoms with Crippen molar-refractivity contribution >= 4 is 23.6 Å². The first-order chi connectivity index (χ1) is 22.2. The van der Waals surface area contributed by atoms with Crippen LogP contribution >= 0.6 is 0 Å². The van der Waals surface area contributed by atoms with Gasteiger partial charge in [0.2, 0.25) is 11.8 Å². The van der Waals surface area contributed by atoms with Gasteiger partial charge in [0, 0.05) is 38.2 Å². The van der Waals surface area contributed by atoms with Crippen molar-refractivity contribution in [2.24, 2.45) is 0 Å². The van der Waals surface area contributed by atoms with Gasteiger partial charge in [-0.2, -0.15) is 0 Å². The van der Waals surface area contributed by atoms with Gasteiger partial charge in [-0.25, -0.2) is 4.39 Å². The van der Waals surface area contributed by atoms with E-state index in [0.29, 0.717) is 24.0 Å². The number of carbonyl (C=O) groups is 4. The Labute approximate surface area is 267 Å². The van der Waals surface area contributed by atoms with Gasteiger partial charge in [0.05, 0.1) is 7.11 Å². The van der Waals surface area contributed by atoms with Crippen molar-refractivity contribution in [1.29, 1.82) is 0 Å². The Kier molecular flexibility index (Phi) is 12.1. The van der Waals surface area contributed by atoms with Gasteiger partial charge in [-0.1, -0.05) is 43.3 Å². The topological polar surface area (TPSA) is 146 Å². The van der Waals surface area contributed by atoms with E-state index in [4.69, 9.17) is 9.47 Å². The van der Waals surface area contributed by atoms with Crippen LogP contribution in [-0.2, 0) is 20.9 Å². The van der Waals surface area contributed by atoms with Crippen molar-refractivity contribution in [1.82, 2.24) is 20.9 Å². The Morgan fingerprint density at radius 2 is 1.78 bits per heavy atom. The first kappa shape index (κ1) is 33.9. The second-order valence-electron chi connectivity index (χ2n) is 10.8. The molecule has 5 rings (SSSR count). The highest BCUT2D eigenvalue weighted by Gasteiger charge is 2.25. The first-order valence-electron chi connectivity index (χ1n) is 15.2. The van der Waals surface area contributed by atoms with Crippen LogP contribution in [-0.4, -0.2) is 66.4 Å². The molecule has 2 heterocycles. The third kappa shape index (κ3) is 9.04. The number of nitrogens with one attached hydrogen (secondary N) is 3. The fourth-order valence-electron chi connectivity index (χ4n) is 4.97. The molecule has 0 saturated heterocycles. The molecule has 11 nitrogen and oxygen atoms in total. The average Bonchev–Trinajstić information content (AvgIpc) is 3.07. The second kappa shape index (κ2) is 16.4. The van der Waals surface area contributed by atoms with Gasteiger partial charge in [0.25, 0.3) is 11.8 Å². The maximum atomic E-state index is 15.0. The lowest BCUT2D eigenvalue weighted by Gasteiger charge is -2.26. The molecule has 0 saturated carbocycles. The fraction of sp³-hybridized carbons (Fsp3) is 0.353. The molecule has 0 aliphatic carbocycles. The molecule has 2 atom stereocenters. The maximum absolute atomic E-state index is 15.0. The second-order valence-corrected chi connectivity index (χ2v) is 10.8. The van der Waals surface area contributed by atoms with Gasteiger partial charge in [-0.15, -0.1) is 0 Å². The van der Waals surface area contributed by atoms with Gasteiger partial charge in [0.15, 0.2) is 29.2 Å². The van der Waals surface area contributed by atoms with E-state index >= 15 is 4.39 Å². The summed E-state index contributed by atoms with van der Waals surface area (Å²) in [7, 11) is 1.43. The Hall–Kier alpha value is -4.97. The molecule has 0 spiro atoms. The summed E-state index contributed by atoms with van der Waals surface area (Å²) in [6, 6.07) is 16.5. The number of benzene rings is 3. The minimum atomic E-state index is -1.39. The minimum Gasteiger partial charge on any atom is -0.493 e.